The molecule has 0 spiro atoms. The maximum atomic E-state index is 11.9. The number of hydrogen-bond donors (Lipinski definition) is 2. The quantitative estimate of drug-likeness (QED) is 0.459. The van der Waals surface area contributed by atoms with Crippen LogP contribution in [-0.2, 0) is 11.3 Å². The molecule has 0 unspecified atom stereocenters. The lowest BCUT2D eigenvalue weighted by Gasteiger charge is -2.19. The number of nitrogens with two attached hydrogens (primary N) is 1. The van der Waals surface area contributed by atoms with Gasteiger partial charge in [0, 0.05) is 31.1 Å². The molecule has 2 aromatic rings. The van der Waals surface area contributed by atoms with E-state index in [-0.39, 0.29) is 5.76 Å². The highest BCUT2D eigenvalue weighted by molar-refractivity contribution is 5.98. The van der Waals surface area contributed by atoms with Gasteiger partial charge in [0.2, 0.25) is 0 Å². The first-order valence-corrected chi connectivity index (χ1v) is 6.93. The Balaban J connectivity index is 2.37. The van der Waals surface area contributed by atoms with Gasteiger partial charge in [0.1, 0.15) is 5.58 Å². The number of para-hydroxylation sites is 1. The Morgan fingerprint density at radius 3 is 2.86 bits per heavy atom. The van der Waals surface area contributed by atoms with E-state index in [0.717, 1.165) is 24.0 Å². The Bertz CT molecular complexity index is 609. The number of rotatable bonds is 7. The lowest BCUT2D eigenvalue weighted by molar-refractivity contribution is 0.0924. The Morgan fingerprint density at radius 2 is 2.19 bits per heavy atom. The van der Waals surface area contributed by atoms with Crippen molar-refractivity contribution in [2.45, 2.75) is 13.5 Å². The molecule has 0 radical (unpaired) electrons. The molecule has 114 valence electrons. The number of nitrogens with zero attached hydrogens (tertiary/aromatic N) is 1. The number of methoxy groups -OCH3 is 1. The van der Waals surface area contributed by atoms with Crippen LogP contribution in [0.15, 0.2) is 28.7 Å². The number of amides is 1. The molecule has 6 nitrogen and oxygen atoms in total. The molecule has 1 aromatic heterocycles. The molecule has 0 bridgehead atoms. The maximum absolute atomic E-state index is 11.9. The Hall–Kier alpha value is -1.89. The van der Waals surface area contributed by atoms with Crippen molar-refractivity contribution in [1.82, 2.24) is 10.3 Å². The topological polar surface area (TPSA) is 80.7 Å². The predicted octanol–water partition coefficient (Wildman–Crippen LogP) is 1.50. The summed E-state index contributed by atoms with van der Waals surface area (Å²) in [5, 5.41) is 0.937. The van der Waals surface area contributed by atoms with E-state index in [0.29, 0.717) is 18.7 Å². The molecule has 0 saturated carbocycles. The maximum Gasteiger partial charge on any atom is 0.301 e. The SMILES string of the molecule is CCN(CCOC)Cc1c(C(=O)NN)oc2ccccc12. The Kier molecular flexibility index (Phi) is 5.32. The summed E-state index contributed by atoms with van der Waals surface area (Å²) in [7, 11) is 1.67. The minimum atomic E-state index is -0.413. The van der Waals surface area contributed by atoms with Gasteiger partial charge in [0.15, 0.2) is 5.76 Å². The number of benzene rings is 1. The third-order valence-corrected chi connectivity index (χ3v) is 3.48. The average Bonchev–Trinajstić information content (AvgIpc) is 2.89. The first-order chi connectivity index (χ1) is 10.2. The summed E-state index contributed by atoms with van der Waals surface area (Å²) in [4.78, 5) is 14.1. The second kappa shape index (κ2) is 7.21. The molecule has 0 aliphatic rings. The average molecular weight is 291 g/mol. The predicted molar refractivity (Wildman–Crippen MR) is 80.7 cm³/mol. The van der Waals surface area contributed by atoms with Crippen LogP contribution >= 0.6 is 0 Å². The molecular weight excluding hydrogens is 270 g/mol. The lowest BCUT2D eigenvalue weighted by atomic mass is 10.1. The Morgan fingerprint density at radius 1 is 1.43 bits per heavy atom. The van der Waals surface area contributed by atoms with E-state index in [1.807, 2.05) is 24.3 Å². The van der Waals surface area contributed by atoms with E-state index in [4.69, 9.17) is 15.0 Å². The highest BCUT2D eigenvalue weighted by Gasteiger charge is 2.21. The fraction of sp³-hybridized carbons (Fsp3) is 0.400. The normalized spacial score (nSPS) is 11.2. The van der Waals surface area contributed by atoms with Crippen LogP contribution in [0.25, 0.3) is 11.0 Å². The van der Waals surface area contributed by atoms with E-state index < -0.39 is 5.91 Å². The van der Waals surface area contributed by atoms with Gasteiger partial charge in [-0.25, -0.2) is 5.84 Å². The molecule has 6 heteroatoms. The van der Waals surface area contributed by atoms with E-state index in [1.54, 1.807) is 7.11 Å². The van der Waals surface area contributed by atoms with Gasteiger partial charge in [-0.1, -0.05) is 25.1 Å². The van der Waals surface area contributed by atoms with Crippen molar-refractivity contribution < 1.29 is 13.9 Å². The van der Waals surface area contributed by atoms with Crippen molar-refractivity contribution in [3.8, 4) is 0 Å². The molecular formula is C15H21N3O3. The molecule has 1 amide bonds. The molecule has 3 N–H and O–H groups in total. The van der Waals surface area contributed by atoms with Gasteiger partial charge in [-0.15, -0.1) is 0 Å². The van der Waals surface area contributed by atoms with Gasteiger partial charge >= 0.3 is 5.91 Å². The van der Waals surface area contributed by atoms with E-state index >= 15 is 0 Å². The van der Waals surface area contributed by atoms with E-state index in [9.17, 15) is 4.79 Å². The first kappa shape index (κ1) is 15.5. The zero-order chi connectivity index (χ0) is 15.2. The molecule has 0 fully saturated rings. The summed E-state index contributed by atoms with van der Waals surface area (Å²) in [6.45, 7) is 4.96. The summed E-state index contributed by atoms with van der Waals surface area (Å²) in [5.41, 5.74) is 3.68. The third kappa shape index (κ3) is 3.41. The highest BCUT2D eigenvalue weighted by Crippen LogP contribution is 2.27. The van der Waals surface area contributed by atoms with Gasteiger partial charge in [-0.3, -0.25) is 15.1 Å². The number of carbonyl (C=O) groups excluding carboxylic acids is 1. The first-order valence-electron chi connectivity index (χ1n) is 6.93. The van der Waals surface area contributed by atoms with Crippen molar-refractivity contribution in [2.75, 3.05) is 26.8 Å². The van der Waals surface area contributed by atoms with Crippen molar-refractivity contribution in [1.29, 1.82) is 0 Å². The van der Waals surface area contributed by atoms with E-state index in [2.05, 4.69) is 17.2 Å². The second-order valence-electron chi connectivity index (χ2n) is 4.74. The molecule has 21 heavy (non-hydrogen) atoms. The lowest BCUT2D eigenvalue weighted by Crippen LogP contribution is -2.32. The zero-order valence-corrected chi connectivity index (χ0v) is 12.4. The second-order valence-corrected chi connectivity index (χ2v) is 4.74. The van der Waals surface area contributed by atoms with Gasteiger partial charge in [-0.2, -0.15) is 0 Å². The van der Waals surface area contributed by atoms with Crippen LogP contribution in [0.2, 0.25) is 0 Å². The van der Waals surface area contributed by atoms with Gasteiger partial charge in [-0.05, 0) is 12.6 Å². The van der Waals surface area contributed by atoms with Crippen LogP contribution in [0.4, 0.5) is 0 Å². The molecule has 0 aliphatic carbocycles. The van der Waals surface area contributed by atoms with Crippen molar-refractivity contribution >= 4 is 16.9 Å². The minimum absolute atomic E-state index is 0.273. The molecule has 1 heterocycles. The summed E-state index contributed by atoms with van der Waals surface area (Å²) >= 11 is 0. The smallest absolute Gasteiger partial charge is 0.301 e. The van der Waals surface area contributed by atoms with Crippen LogP contribution in [0.1, 0.15) is 23.0 Å². The number of hydrazine groups is 1. The number of likely N-dealkylation sites (N-methyl/N-ethyl adjacent to an activating group) is 1. The summed E-state index contributed by atoms with van der Waals surface area (Å²) in [5.74, 6) is 5.10. The van der Waals surface area contributed by atoms with Crippen LogP contribution in [0, 0.1) is 0 Å². The molecule has 0 aliphatic heterocycles. The zero-order valence-electron chi connectivity index (χ0n) is 12.4. The fourth-order valence-electron chi connectivity index (χ4n) is 2.30. The number of hydrogen-bond acceptors (Lipinski definition) is 5. The Labute approximate surface area is 123 Å². The molecule has 2 rings (SSSR count). The number of fused-ring (bicyclic) bond motifs is 1. The number of carbonyl (C=O) groups is 1. The van der Waals surface area contributed by atoms with Crippen LogP contribution in [-0.4, -0.2) is 37.6 Å². The standard InChI is InChI=1S/C15H21N3O3/c1-3-18(8-9-20-2)10-12-11-6-4-5-7-13(11)21-14(12)15(19)17-16/h4-7H,3,8-10,16H2,1-2H3,(H,17,19). The number of nitrogens with one attached hydrogen (secondary N) is 1. The van der Waals surface area contributed by atoms with Gasteiger partial charge < -0.3 is 9.15 Å². The third-order valence-electron chi connectivity index (χ3n) is 3.48. The van der Waals surface area contributed by atoms with Gasteiger partial charge in [0.05, 0.1) is 6.61 Å². The van der Waals surface area contributed by atoms with Crippen LogP contribution < -0.4 is 11.3 Å². The summed E-state index contributed by atoms with van der Waals surface area (Å²) in [6.07, 6.45) is 0. The van der Waals surface area contributed by atoms with Crippen LogP contribution in [0.3, 0.4) is 0 Å². The molecule has 0 saturated heterocycles. The molecule has 0 atom stereocenters. The largest absolute Gasteiger partial charge is 0.451 e. The monoisotopic (exact) mass is 291 g/mol. The number of ether oxygens (including phenoxy) is 1. The fourth-order valence-corrected chi connectivity index (χ4v) is 2.30. The van der Waals surface area contributed by atoms with Crippen molar-refractivity contribution in [3.05, 3.63) is 35.6 Å². The number of furan rings is 1. The molecule has 1 aromatic carbocycles. The van der Waals surface area contributed by atoms with Crippen molar-refractivity contribution in [2.24, 2.45) is 5.84 Å². The van der Waals surface area contributed by atoms with Crippen molar-refractivity contribution in [3.63, 3.8) is 0 Å². The summed E-state index contributed by atoms with van der Waals surface area (Å²) in [6, 6.07) is 7.60. The minimum Gasteiger partial charge on any atom is -0.451 e. The number of nitrogen functional groups attached to an aromatic ring is 1. The van der Waals surface area contributed by atoms with Crippen LogP contribution in [0.5, 0.6) is 0 Å². The summed E-state index contributed by atoms with van der Waals surface area (Å²) < 4.78 is 10.8. The highest BCUT2D eigenvalue weighted by atomic mass is 16.5. The van der Waals surface area contributed by atoms with Gasteiger partial charge in [0.25, 0.3) is 0 Å². The van der Waals surface area contributed by atoms with E-state index in [1.165, 1.54) is 0 Å².